The number of carbonyl (C=O) groups is 2. The van der Waals surface area contributed by atoms with Crippen LogP contribution in [-0.4, -0.2) is 11.9 Å². The van der Waals surface area contributed by atoms with Crippen molar-refractivity contribution in [2.45, 2.75) is 6.61 Å². The minimum absolute atomic E-state index is 0.261. The quantitative estimate of drug-likeness (QED) is 0.546. The lowest BCUT2D eigenvalue weighted by Gasteiger charge is -2.11. The summed E-state index contributed by atoms with van der Waals surface area (Å²) in [4.78, 5) is 23.7. The largest absolute Gasteiger partial charge is 0.488 e. The van der Waals surface area contributed by atoms with E-state index in [-0.39, 0.29) is 5.56 Å². The fraction of sp³-hybridized carbons (Fsp3) is 0.0526. The van der Waals surface area contributed by atoms with Crippen LogP contribution < -0.4 is 4.74 Å². The van der Waals surface area contributed by atoms with Crippen molar-refractivity contribution in [2.24, 2.45) is 0 Å². The monoisotopic (exact) mass is 304 g/mol. The molecule has 1 aliphatic rings. The van der Waals surface area contributed by atoms with E-state index in [2.05, 4.69) is 0 Å². The molecule has 4 heteroatoms. The second kappa shape index (κ2) is 5.25. The second-order valence-electron chi connectivity index (χ2n) is 5.29. The number of benzene rings is 3. The van der Waals surface area contributed by atoms with E-state index >= 15 is 0 Å². The number of fused-ring (bicyclic) bond motifs is 3. The molecule has 23 heavy (non-hydrogen) atoms. The fourth-order valence-electron chi connectivity index (χ4n) is 2.77. The lowest BCUT2D eigenvalue weighted by atomic mass is 9.99. The zero-order chi connectivity index (χ0) is 15.8. The van der Waals surface area contributed by atoms with E-state index in [1.807, 2.05) is 48.5 Å². The SMILES string of the molecule is O=C1OC(=O)c2c1cc(OCc1ccccc1)c1ccccc21. The molecular weight excluding hydrogens is 292 g/mol. The molecule has 0 atom stereocenters. The molecule has 0 saturated carbocycles. The fourth-order valence-corrected chi connectivity index (χ4v) is 2.77. The number of rotatable bonds is 3. The third kappa shape index (κ3) is 2.25. The van der Waals surface area contributed by atoms with Crippen LogP contribution in [0.4, 0.5) is 0 Å². The zero-order valence-corrected chi connectivity index (χ0v) is 12.1. The summed E-state index contributed by atoms with van der Waals surface area (Å²) < 4.78 is 10.6. The second-order valence-corrected chi connectivity index (χ2v) is 5.29. The van der Waals surface area contributed by atoms with Crippen molar-refractivity contribution in [1.82, 2.24) is 0 Å². The van der Waals surface area contributed by atoms with Crippen molar-refractivity contribution in [3.05, 3.63) is 77.4 Å². The molecule has 1 aliphatic heterocycles. The van der Waals surface area contributed by atoms with E-state index in [9.17, 15) is 9.59 Å². The van der Waals surface area contributed by atoms with Crippen molar-refractivity contribution >= 4 is 22.7 Å². The number of carbonyl (C=O) groups excluding carboxylic acids is 2. The van der Waals surface area contributed by atoms with E-state index in [4.69, 9.17) is 9.47 Å². The molecule has 3 aromatic rings. The lowest BCUT2D eigenvalue weighted by Crippen LogP contribution is -1.99. The molecule has 0 unspecified atom stereocenters. The van der Waals surface area contributed by atoms with Crippen LogP contribution in [0.3, 0.4) is 0 Å². The van der Waals surface area contributed by atoms with Crippen LogP contribution in [0.5, 0.6) is 5.75 Å². The van der Waals surface area contributed by atoms with Crippen LogP contribution in [0.15, 0.2) is 60.7 Å². The van der Waals surface area contributed by atoms with Crippen LogP contribution in [0.1, 0.15) is 26.3 Å². The molecule has 0 N–H and O–H groups in total. The molecule has 4 nitrogen and oxygen atoms in total. The summed E-state index contributed by atoms with van der Waals surface area (Å²) in [5, 5.41) is 1.46. The van der Waals surface area contributed by atoms with Gasteiger partial charge < -0.3 is 9.47 Å². The third-order valence-electron chi connectivity index (χ3n) is 3.85. The van der Waals surface area contributed by atoms with Crippen LogP contribution in [0.25, 0.3) is 10.8 Å². The van der Waals surface area contributed by atoms with Gasteiger partial charge in [-0.2, -0.15) is 0 Å². The molecule has 3 aromatic carbocycles. The van der Waals surface area contributed by atoms with Gasteiger partial charge in [0.25, 0.3) is 0 Å². The first-order chi connectivity index (χ1) is 11.2. The number of hydrogen-bond donors (Lipinski definition) is 0. The molecule has 0 aliphatic carbocycles. The van der Waals surface area contributed by atoms with Gasteiger partial charge in [-0.25, -0.2) is 9.59 Å². The average Bonchev–Trinajstić information content (AvgIpc) is 2.88. The summed E-state index contributed by atoms with van der Waals surface area (Å²) in [5.41, 5.74) is 1.60. The predicted molar refractivity (Wildman–Crippen MR) is 84.5 cm³/mol. The van der Waals surface area contributed by atoms with Crippen molar-refractivity contribution in [1.29, 1.82) is 0 Å². The Balaban J connectivity index is 1.81. The van der Waals surface area contributed by atoms with Gasteiger partial charge in [-0.1, -0.05) is 54.6 Å². The minimum Gasteiger partial charge on any atom is -0.488 e. The summed E-state index contributed by atoms with van der Waals surface area (Å²) >= 11 is 0. The standard InChI is InChI=1S/C19H12O4/c20-18-15-10-16(22-11-12-6-2-1-3-7-12)13-8-4-5-9-14(13)17(15)19(21)23-18/h1-10H,11H2. The number of hydrogen-bond acceptors (Lipinski definition) is 4. The summed E-state index contributed by atoms with van der Waals surface area (Å²) in [6.45, 7) is 0.382. The predicted octanol–water partition coefficient (Wildman–Crippen LogP) is 3.73. The van der Waals surface area contributed by atoms with E-state index in [0.717, 1.165) is 10.9 Å². The maximum absolute atomic E-state index is 11.9. The molecule has 0 spiro atoms. The Hall–Kier alpha value is -3.14. The van der Waals surface area contributed by atoms with Gasteiger partial charge in [-0.3, -0.25) is 0 Å². The first-order valence-electron chi connectivity index (χ1n) is 7.23. The van der Waals surface area contributed by atoms with Crippen LogP contribution in [0, 0.1) is 0 Å². The Bertz CT molecular complexity index is 929. The Morgan fingerprint density at radius 2 is 1.52 bits per heavy atom. The van der Waals surface area contributed by atoms with Crippen molar-refractivity contribution in [3.63, 3.8) is 0 Å². The molecule has 0 aromatic heterocycles. The van der Waals surface area contributed by atoms with Crippen molar-refractivity contribution < 1.29 is 19.1 Å². The summed E-state index contributed by atoms with van der Waals surface area (Å²) in [6.07, 6.45) is 0. The van der Waals surface area contributed by atoms with Crippen molar-refractivity contribution in [3.8, 4) is 5.75 Å². The van der Waals surface area contributed by atoms with Crippen LogP contribution in [0.2, 0.25) is 0 Å². The maximum Gasteiger partial charge on any atom is 0.347 e. The number of ether oxygens (including phenoxy) is 2. The first kappa shape index (κ1) is 13.5. The van der Waals surface area contributed by atoms with Gasteiger partial charge >= 0.3 is 11.9 Å². The normalized spacial score (nSPS) is 13.0. The van der Waals surface area contributed by atoms with E-state index < -0.39 is 11.9 Å². The molecule has 0 bridgehead atoms. The minimum atomic E-state index is -0.625. The lowest BCUT2D eigenvalue weighted by molar-refractivity contribution is 0.0444. The molecule has 0 fully saturated rings. The summed E-state index contributed by atoms with van der Waals surface area (Å²) in [6, 6.07) is 18.7. The zero-order valence-electron chi connectivity index (χ0n) is 12.1. The van der Waals surface area contributed by atoms with Crippen LogP contribution >= 0.6 is 0 Å². The number of esters is 2. The Morgan fingerprint density at radius 1 is 0.826 bits per heavy atom. The maximum atomic E-state index is 11.9. The van der Waals surface area contributed by atoms with E-state index in [1.54, 1.807) is 12.1 Å². The van der Waals surface area contributed by atoms with Gasteiger partial charge in [0.15, 0.2) is 0 Å². The van der Waals surface area contributed by atoms with Gasteiger partial charge in [0.1, 0.15) is 12.4 Å². The molecular formula is C19H12O4. The van der Waals surface area contributed by atoms with Crippen LogP contribution in [-0.2, 0) is 11.3 Å². The molecule has 0 radical (unpaired) electrons. The first-order valence-corrected chi connectivity index (χ1v) is 7.23. The van der Waals surface area contributed by atoms with Gasteiger partial charge in [0.05, 0.1) is 11.1 Å². The molecule has 4 rings (SSSR count). The summed E-state index contributed by atoms with van der Waals surface area (Å²) in [7, 11) is 0. The molecule has 0 saturated heterocycles. The van der Waals surface area contributed by atoms with Gasteiger partial charge in [0, 0.05) is 10.8 Å². The third-order valence-corrected chi connectivity index (χ3v) is 3.85. The Kier molecular flexibility index (Phi) is 3.08. The van der Waals surface area contributed by atoms with Gasteiger partial charge in [-0.05, 0) is 11.6 Å². The number of cyclic esters (lactones) is 2. The van der Waals surface area contributed by atoms with Gasteiger partial charge in [0.2, 0.25) is 0 Å². The molecule has 0 amide bonds. The smallest absolute Gasteiger partial charge is 0.347 e. The summed E-state index contributed by atoms with van der Waals surface area (Å²) in [5.74, 6) is -0.661. The highest BCUT2D eigenvalue weighted by molar-refractivity contribution is 6.22. The topological polar surface area (TPSA) is 52.6 Å². The molecule has 1 heterocycles. The highest BCUT2D eigenvalue weighted by Gasteiger charge is 2.32. The average molecular weight is 304 g/mol. The van der Waals surface area contributed by atoms with E-state index in [0.29, 0.717) is 23.3 Å². The molecule has 112 valence electrons. The Labute approximate surface area is 132 Å². The van der Waals surface area contributed by atoms with Gasteiger partial charge in [-0.15, -0.1) is 0 Å². The van der Waals surface area contributed by atoms with E-state index in [1.165, 1.54) is 0 Å². The Morgan fingerprint density at radius 3 is 2.30 bits per heavy atom. The van der Waals surface area contributed by atoms with Crippen molar-refractivity contribution in [2.75, 3.05) is 0 Å². The highest BCUT2D eigenvalue weighted by atomic mass is 16.6. The highest BCUT2D eigenvalue weighted by Crippen LogP contribution is 2.35.